The minimum absolute atomic E-state index is 0.114. The number of rotatable bonds is 1. The van der Waals surface area contributed by atoms with Gasteiger partial charge >= 0.3 is 0 Å². The van der Waals surface area contributed by atoms with E-state index in [1.54, 1.807) is 20.1 Å². The van der Waals surface area contributed by atoms with Crippen molar-refractivity contribution >= 4 is 5.78 Å². The lowest BCUT2D eigenvalue weighted by Crippen LogP contribution is -2.40. The Morgan fingerprint density at radius 2 is 2.19 bits per heavy atom. The molecule has 0 aromatic carbocycles. The van der Waals surface area contributed by atoms with Crippen LogP contribution in [0.4, 0.5) is 0 Å². The molecule has 1 saturated carbocycles. The molecule has 1 N–H and O–H groups in total. The van der Waals surface area contributed by atoms with Crippen molar-refractivity contribution in [1.29, 1.82) is 0 Å². The van der Waals surface area contributed by atoms with Crippen molar-refractivity contribution in [2.75, 3.05) is 7.11 Å². The molecule has 0 heterocycles. The van der Waals surface area contributed by atoms with E-state index in [-0.39, 0.29) is 11.7 Å². The zero-order valence-corrected chi connectivity index (χ0v) is 10.2. The molecule has 3 nitrogen and oxygen atoms in total. The van der Waals surface area contributed by atoms with Gasteiger partial charge in [0, 0.05) is 13.5 Å². The zero-order valence-electron chi connectivity index (χ0n) is 10.2. The number of hydrogen-bond acceptors (Lipinski definition) is 3. The summed E-state index contributed by atoms with van der Waals surface area (Å²) >= 11 is 0. The summed E-state index contributed by atoms with van der Waals surface area (Å²) in [5.74, 6) is 0.395. The molecule has 1 fully saturated rings. The van der Waals surface area contributed by atoms with Gasteiger partial charge in [0.05, 0.1) is 11.2 Å². The number of allylic oxidation sites excluding steroid dienone is 1. The first-order chi connectivity index (χ1) is 7.42. The highest BCUT2D eigenvalue weighted by molar-refractivity contribution is 5.91. The molecule has 2 aliphatic carbocycles. The molecular weight excluding hydrogens is 204 g/mol. The molecule has 0 saturated heterocycles. The summed E-state index contributed by atoms with van der Waals surface area (Å²) in [6.07, 6.45) is 4.50. The Balaban J connectivity index is 2.52. The van der Waals surface area contributed by atoms with E-state index in [0.717, 1.165) is 18.4 Å². The van der Waals surface area contributed by atoms with Crippen LogP contribution in [0, 0.1) is 5.92 Å². The molecule has 0 spiro atoms. The predicted molar refractivity (Wildman–Crippen MR) is 61.1 cm³/mol. The number of methoxy groups -OCH3 is 1. The highest BCUT2D eigenvalue weighted by Crippen LogP contribution is 2.50. The smallest absolute Gasteiger partial charge is 0.155 e. The Hall–Kier alpha value is -0.670. The lowest BCUT2D eigenvalue weighted by atomic mass is 9.80. The van der Waals surface area contributed by atoms with Crippen LogP contribution in [0.1, 0.15) is 39.5 Å². The van der Waals surface area contributed by atoms with Crippen molar-refractivity contribution < 1.29 is 14.6 Å². The maximum Gasteiger partial charge on any atom is 0.155 e. The minimum atomic E-state index is -0.885. The van der Waals surface area contributed by atoms with Crippen LogP contribution in [-0.2, 0) is 9.53 Å². The van der Waals surface area contributed by atoms with Crippen LogP contribution in [0.25, 0.3) is 0 Å². The van der Waals surface area contributed by atoms with E-state index in [9.17, 15) is 9.90 Å². The van der Waals surface area contributed by atoms with E-state index < -0.39 is 11.2 Å². The molecule has 0 aromatic rings. The monoisotopic (exact) mass is 224 g/mol. The summed E-state index contributed by atoms with van der Waals surface area (Å²) in [6, 6.07) is 0. The van der Waals surface area contributed by atoms with Crippen molar-refractivity contribution in [3.05, 3.63) is 11.6 Å². The largest absolute Gasteiger partial charge is 0.386 e. The molecule has 0 amide bonds. The van der Waals surface area contributed by atoms with E-state index in [1.165, 1.54) is 0 Å². The second-order valence-electron chi connectivity index (χ2n) is 5.33. The average molecular weight is 224 g/mol. The molecule has 0 aliphatic heterocycles. The molecule has 2 aliphatic rings. The number of fused-ring (bicyclic) bond motifs is 1. The zero-order chi connectivity index (χ0) is 12.0. The number of carbonyl (C=O) groups is 1. The molecule has 2 rings (SSSR count). The van der Waals surface area contributed by atoms with Gasteiger partial charge in [0.15, 0.2) is 5.78 Å². The summed E-state index contributed by atoms with van der Waals surface area (Å²) < 4.78 is 5.70. The standard InChI is InChI=1S/C13H20O3/c1-9-4-5-10(14)8-11-12(2,15)6-7-13(9,11)16-3/h8-9,15H,4-7H2,1-3H3/t9-,12-,13+/m0/s1. The van der Waals surface area contributed by atoms with Crippen molar-refractivity contribution in [2.24, 2.45) is 5.92 Å². The van der Waals surface area contributed by atoms with Crippen LogP contribution in [0.2, 0.25) is 0 Å². The highest BCUT2D eigenvalue weighted by Gasteiger charge is 2.53. The third-order valence-corrected chi connectivity index (χ3v) is 4.31. The van der Waals surface area contributed by atoms with E-state index in [4.69, 9.17) is 4.74 Å². The van der Waals surface area contributed by atoms with Crippen molar-refractivity contribution in [3.8, 4) is 0 Å². The van der Waals surface area contributed by atoms with Crippen LogP contribution >= 0.6 is 0 Å². The summed E-state index contributed by atoms with van der Waals surface area (Å²) in [5, 5.41) is 10.3. The van der Waals surface area contributed by atoms with E-state index >= 15 is 0 Å². The van der Waals surface area contributed by atoms with E-state index in [0.29, 0.717) is 12.8 Å². The summed E-state index contributed by atoms with van der Waals surface area (Å²) in [7, 11) is 1.68. The molecule has 0 radical (unpaired) electrons. The van der Waals surface area contributed by atoms with Gasteiger partial charge in [-0.15, -0.1) is 0 Å². The Morgan fingerprint density at radius 3 is 2.81 bits per heavy atom. The molecule has 3 heteroatoms. The molecule has 16 heavy (non-hydrogen) atoms. The minimum Gasteiger partial charge on any atom is -0.386 e. The fourth-order valence-corrected chi connectivity index (χ4v) is 3.18. The molecule has 90 valence electrons. The Kier molecular flexibility index (Phi) is 2.71. The predicted octanol–water partition coefficient (Wildman–Crippen LogP) is 1.84. The SMILES string of the molecule is CO[C@@]12CC[C@](C)(O)C1=CC(=O)CC[C@@H]2C. The fraction of sp³-hybridized carbons (Fsp3) is 0.769. The molecule has 0 aromatic heterocycles. The van der Waals surface area contributed by atoms with Crippen molar-refractivity contribution in [3.63, 3.8) is 0 Å². The van der Waals surface area contributed by atoms with Crippen LogP contribution in [0.3, 0.4) is 0 Å². The maximum absolute atomic E-state index is 11.7. The van der Waals surface area contributed by atoms with Gasteiger partial charge in [0.25, 0.3) is 0 Å². The lowest BCUT2D eigenvalue weighted by molar-refractivity contribution is -0.114. The number of aliphatic hydroxyl groups is 1. The Morgan fingerprint density at radius 1 is 1.50 bits per heavy atom. The average Bonchev–Trinajstić information content (AvgIpc) is 2.40. The van der Waals surface area contributed by atoms with Gasteiger partial charge in [-0.2, -0.15) is 0 Å². The lowest BCUT2D eigenvalue weighted by Gasteiger charge is -2.36. The van der Waals surface area contributed by atoms with Gasteiger partial charge in [-0.05, 0) is 43.8 Å². The third kappa shape index (κ3) is 1.54. The van der Waals surface area contributed by atoms with Crippen LogP contribution < -0.4 is 0 Å². The van der Waals surface area contributed by atoms with Crippen LogP contribution in [-0.4, -0.2) is 29.2 Å². The summed E-state index contributed by atoms with van der Waals surface area (Å²) in [6.45, 7) is 3.89. The Labute approximate surface area is 96.5 Å². The second-order valence-corrected chi connectivity index (χ2v) is 5.33. The second kappa shape index (κ2) is 3.67. The molecule has 0 unspecified atom stereocenters. The van der Waals surface area contributed by atoms with Crippen molar-refractivity contribution in [2.45, 2.75) is 50.7 Å². The number of carbonyl (C=O) groups excluding carboxylic acids is 1. The number of ketones is 1. The van der Waals surface area contributed by atoms with Gasteiger partial charge in [-0.3, -0.25) is 4.79 Å². The van der Waals surface area contributed by atoms with Crippen LogP contribution in [0.5, 0.6) is 0 Å². The summed E-state index contributed by atoms with van der Waals surface area (Å²) in [5.41, 5.74) is -0.516. The molecular formula is C13H20O3. The van der Waals surface area contributed by atoms with Gasteiger partial charge in [-0.25, -0.2) is 0 Å². The molecule has 0 bridgehead atoms. The number of hydrogen-bond donors (Lipinski definition) is 1. The quantitative estimate of drug-likeness (QED) is 0.739. The van der Waals surface area contributed by atoms with Gasteiger partial charge in [0.2, 0.25) is 0 Å². The normalized spacial score (nSPS) is 43.9. The Bertz CT molecular complexity index is 343. The number of ether oxygens (including phenoxy) is 1. The maximum atomic E-state index is 11.7. The van der Waals surface area contributed by atoms with Gasteiger partial charge in [-0.1, -0.05) is 6.92 Å². The van der Waals surface area contributed by atoms with Gasteiger partial charge < -0.3 is 9.84 Å². The fourth-order valence-electron chi connectivity index (χ4n) is 3.18. The first-order valence-electron chi connectivity index (χ1n) is 5.95. The summed E-state index contributed by atoms with van der Waals surface area (Å²) in [4.78, 5) is 11.7. The topological polar surface area (TPSA) is 46.5 Å². The van der Waals surface area contributed by atoms with E-state index in [1.807, 2.05) is 0 Å². The van der Waals surface area contributed by atoms with Gasteiger partial charge in [0.1, 0.15) is 0 Å². The van der Waals surface area contributed by atoms with Crippen LogP contribution in [0.15, 0.2) is 11.6 Å². The molecule has 3 atom stereocenters. The van der Waals surface area contributed by atoms with E-state index in [2.05, 4.69) is 6.92 Å². The highest BCUT2D eigenvalue weighted by atomic mass is 16.5. The first kappa shape index (κ1) is 11.8. The third-order valence-electron chi connectivity index (χ3n) is 4.31. The van der Waals surface area contributed by atoms with Crippen molar-refractivity contribution in [1.82, 2.24) is 0 Å². The first-order valence-corrected chi connectivity index (χ1v) is 5.95.